The molecule has 0 saturated carbocycles. The molecule has 128 valence electrons. The number of halogens is 2. The largest absolute Gasteiger partial charge is 0.336 e. The van der Waals surface area contributed by atoms with E-state index in [-0.39, 0.29) is 29.0 Å². The van der Waals surface area contributed by atoms with Gasteiger partial charge in [0.1, 0.15) is 5.82 Å². The van der Waals surface area contributed by atoms with Gasteiger partial charge in [0.2, 0.25) is 5.91 Å². The molecule has 3 aliphatic rings. The van der Waals surface area contributed by atoms with Crippen LogP contribution < -0.4 is 10.2 Å². The summed E-state index contributed by atoms with van der Waals surface area (Å²) < 4.78 is 13.7. The highest BCUT2D eigenvalue weighted by molar-refractivity contribution is 6.30. The molecule has 3 heterocycles. The quantitative estimate of drug-likeness (QED) is 0.872. The van der Waals surface area contributed by atoms with Crippen LogP contribution in [0.15, 0.2) is 18.2 Å². The number of fused-ring (bicyclic) bond motifs is 1. The number of amides is 3. The van der Waals surface area contributed by atoms with E-state index in [4.69, 9.17) is 11.6 Å². The molecule has 0 bridgehead atoms. The summed E-state index contributed by atoms with van der Waals surface area (Å²) in [5.74, 6) is -0.531. The van der Waals surface area contributed by atoms with Gasteiger partial charge in [0.15, 0.2) is 0 Å². The van der Waals surface area contributed by atoms with Crippen LogP contribution in [-0.4, -0.2) is 66.5 Å². The first-order valence-corrected chi connectivity index (χ1v) is 8.47. The third-order valence-electron chi connectivity index (χ3n) is 5.10. The number of anilines is 1. The molecule has 0 aliphatic carbocycles. The van der Waals surface area contributed by atoms with E-state index in [0.29, 0.717) is 44.8 Å². The smallest absolute Gasteiger partial charge is 0.317 e. The summed E-state index contributed by atoms with van der Waals surface area (Å²) >= 11 is 5.71. The number of piperazine rings is 1. The second-order valence-electron chi connectivity index (χ2n) is 6.42. The molecule has 0 aromatic heterocycles. The first-order valence-electron chi connectivity index (χ1n) is 8.09. The van der Waals surface area contributed by atoms with Gasteiger partial charge in [-0.3, -0.25) is 9.69 Å². The maximum absolute atomic E-state index is 13.7. The van der Waals surface area contributed by atoms with Crippen LogP contribution in [0.1, 0.15) is 6.42 Å². The number of rotatable bonds is 2. The first-order chi connectivity index (χ1) is 11.5. The molecule has 3 fully saturated rings. The predicted octanol–water partition coefficient (Wildman–Crippen LogP) is 1.29. The minimum absolute atomic E-state index is 0.0116. The number of urea groups is 1. The fourth-order valence-corrected chi connectivity index (χ4v) is 3.94. The maximum Gasteiger partial charge on any atom is 0.317 e. The van der Waals surface area contributed by atoms with Gasteiger partial charge in [-0.25, -0.2) is 9.18 Å². The van der Waals surface area contributed by atoms with E-state index >= 15 is 0 Å². The van der Waals surface area contributed by atoms with Crippen LogP contribution in [0.5, 0.6) is 0 Å². The monoisotopic (exact) mass is 352 g/mol. The first kappa shape index (κ1) is 15.7. The summed E-state index contributed by atoms with van der Waals surface area (Å²) in [7, 11) is 0. The van der Waals surface area contributed by atoms with E-state index in [9.17, 15) is 14.0 Å². The van der Waals surface area contributed by atoms with Crippen molar-refractivity contribution < 1.29 is 14.0 Å². The molecule has 2 atom stereocenters. The molecular formula is C16H18ClFN4O2. The average molecular weight is 353 g/mol. The molecule has 4 rings (SSSR count). The normalized spacial score (nSPS) is 27.6. The predicted molar refractivity (Wildman–Crippen MR) is 87.6 cm³/mol. The van der Waals surface area contributed by atoms with E-state index in [1.807, 2.05) is 4.90 Å². The summed E-state index contributed by atoms with van der Waals surface area (Å²) in [4.78, 5) is 30.1. The van der Waals surface area contributed by atoms with E-state index in [0.717, 1.165) is 0 Å². The molecule has 24 heavy (non-hydrogen) atoms. The van der Waals surface area contributed by atoms with E-state index in [1.54, 1.807) is 11.0 Å². The number of nitrogens with zero attached hydrogens (tertiary/aromatic N) is 3. The fourth-order valence-electron chi connectivity index (χ4n) is 3.82. The van der Waals surface area contributed by atoms with Crippen LogP contribution in [0.3, 0.4) is 0 Å². The fraction of sp³-hybridized carbons (Fsp3) is 0.500. The number of carbonyl (C=O) groups is 2. The summed E-state index contributed by atoms with van der Waals surface area (Å²) in [5, 5.41) is 2.89. The summed E-state index contributed by atoms with van der Waals surface area (Å²) in [5.41, 5.74) is 0.542. The van der Waals surface area contributed by atoms with Crippen LogP contribution in [0.4, 0.5) is 14.9 Å². The van der Waals surface area contributed by atoms with Gasteiger partial charge >= 0.3 is 6.03 Å². The Bertz CT molecular complexity index is 701. The molecule has 3 saturated heterocycles. The Morgan fingerprint density at radius 3 is 2.83 bits per heavy atom. The van der Waals surface area contributed by atoms with Gasteiger partial charge in [-0.1, -0.05) is 11.6 Å². The van der Waals surface area contributed by atoms with Gasteiger partial charge < -0.3 is 15.1 Å². The van der Waals surface area contributed by atoms with Crippen LogP contribution in [-0.2, 0) is 4.79 Å². The van der Waals surface area contributed by atoms with Crippen molar-refractivity contribution >= 4 is 29.2 Å². The molecule has 6 nitrogen and oxygen atoms in total. The van der Waals surface area contributed by atoms with Gasteiger partial charge in [0, 0.05) is 38.4 Å². The summed E-state index contributed by atoms with van der Waals surface area (Å²) in [6.45, 7) is 3.20. The van der Waals surface area contributed by atoms with Crippen LogP contribution in [0.2, 0.25) is 5.02 Å². The average Bonchev–Trinajstić information content (AvgIpc) is 3.13. The summed E-state index contributed by atoms with van der Waals surface area (Å²) in [6, 6.07) is 4.35. The van der Waals surface area contributed by atoms with Crippen LogP contribution in [0, 0.1) is 5.82 Å². The second-order valence-corrected chi connectivity index (χ2v) is 6.83. The van der Waals surface area contributed by atoms with E-state index in [1.165, 1.54) is 12.1 Å². The van der Waals surface area contributed by atoms with Gasteiger partial charge in [0.05, 0.1) is 17.1 Å². The lowest BCUT2D eigenvalue weighted by Gasteiger charge is -2.38. The molecule has 1 N–H and O–H groups in total. The highest BCUT2D eigenvalue weighted by Gasteiger charge is 2.42. The van der Waals surface area contributed by atoms with Crippen molar-refractivity contribution in [2.24, 2.45) is 0 Å². The molecule has 3 amide bonds. The van der Waals surface area contributed by atoms with Crippen molar-refractivity contribution in [2.45, 2.75) is 18.5 Å². The van der Waals surface area contributed by atoms with Gasteiger partial charge in [-0.05, 0) is 24.6 Å². The van der Waals surface area contributed by atoms with Gasteiger partial charge in [-0.2, -0.15) is 0 Å². The molecule has 1 aromatic carbocycles. The van der Waals surface area contributed by atoms with E-state index in [2.05, 4.69) is 10.2 Å². The molecule has 0 spiro atoms. The molecule has 2 unspecified atom stereocenters. The van der Waals surface area contributed by atoms with Crippen molar-refractivity contribution in [1.82, 2.24) is 15.1 Å². The van der Waals surface area contributed by atoms with Crippen LogP contribution in [0.25, 0.3) is 0 Å². The zero-order valence-electron chi connectivity index (χ0n) is 13.0. The Hall–Kier alpha value is -1.86. The zero-order chi connectivity index (χ0) is 16.8. The Morgan fingerprint density at radius 2 is 2.04 bits per heavy atom. The Balaban J connectivity index is 1.47. The molecule has 3 aliphatic heterocycles. The maximum atomic E-state index is 13.7. The third kappa shape index (κ3) is 2.52. The molecule has 8 heteroatoms. The Morgan fingerprint density at radius 1 is 1.21 bits per heavy atom. The Labute approximate surface area is 144 Å². The van der Waals surface area contributed by atoms with E-state index < -0.39 is 5.82 Å². The van der Waals surface area contributed by atoms with Crippen molar-refractivity contribution in [1.29, 1.82) is 0 Å². The number of benzene rings is 1. The second kappa shape index (κ2) is 5.89. The highest BCUT2D eigenvalue weighted by Crippen LogP contribution is 2.28. The molecule has 0 radical (unpaired) electrons. The number of carbonyl (C=O) groups excluding carboxylic acids is 2. The topological polar surface area (TPSA) is 55.9 Å². The van der Waals surface area contributed by atoms with Crippen molar-refractivity contribution in [3.05, 3.63) is 29.0 Å². The SMILES string of the molecule is O=C1C(N2CCN3C(=O)NCC3C2)CCN1c1ccc(Cl)c(F)c1. The number of hydrogen-bond donors (Lipinski definition) is 1. The Kier molecular flexibility index (Phi) is 3.85. The lowest BCUT2D eigenvalue weighted by atomic mass is 10.1. The molecule has 1 aromatic rings. The van der Waals surface area contributed by atoms with Crippen molar-refractivity contribution in [2.75, 3.05) is 37.6 Å². The lowest BCUT2D eigenvalue weighted by Crippen LogP contribution is -2.56. The highest BCUT2D eigenvalue weighted by atomic mass is 35.5. The minimum atomic E-state index is -0.519. The van der Waals surface area contributed by atoms with Gasteiger partial charge in [-0.15, -0.1) is 0 Å². The number of hydrogen-bond acceptors (Lipinski definition) is 3. The zero-order valence-corrected chi connectivity index (χ0v) is 13.8. The molecular weight excluding hydrogens is 335 g/mol. The number of nitrogens with one attached hydrogen (secondary N) is 1. The van der Waals surface area contributed by atoms with Crippen LogP contribution >= 0.6 is 11.6 Å². The van der Waals surface area contributed by atoms with Crippen molar-refractivity contribution in [3.8, 4) is 0 Å². The van der Waals surface area contributed by atoms with Crippen molar-refractivity contribution in [3.63, 3.8) is 0 Å². The standard InChI is InChI=1S/C16H18ClFN4O2/c17-12-2-1-10(7-13(12)18)21-4-3-14(15(21)23)20-5-6-22-11(9-20)8-19-16(22)24/h1-2,7,11,14H,3-6,8-9H2,(H,19,24). The third-order valence-corrected chi connectivity index (χ3v) is 5.40. The minimum Gasteiger partial charge on any atom is -0.336 e. The summed E-state index contributed by atoms with van der Waals surface area (Å²) in [6.07, 6.45) is 0.706. The lowest BCUT2D eigenvalue weighted by molar-refractivity contribution is -0.122. The van der Waals surface area contributed by atoms with Gasteiger partial charge in [0.25, 0.3) is 0 Å².